The van der Waals surface area contributed by atoms with Crippen molar-refractivity contribution in [3.63, 3.8) is 0 Å². The fourth-order valence-corrected chi connectivity index (χ4v) is 3.20. The monoisotopic (exact) mass is 294 g/mol. The number of nitrogens with two attached hydrogens (primary N) is 1. The van der Waals surface area contributed by atoms with Crippen LogP contribution < -0.4 is 11.1 Å². The van der Waals surface area contributed by atoms with Crippen LogP contribution in [0.3, 0.4) is 0 Å². The van der Waals surface area contributed by atoms with E-state index < -0.39 is 0 Å². The minimum absolute atomic E-state index is 0.0620. The Morgan fingerprint density at radius 2 is 2.16 bits per heavy atom. The summed E-state index contributed by atoms with van der Waals surface area (Å²) in [6.07, 6.45) is 0. The van der Waals surface area contributed by atoms with Gasteiger partial charge in [0.25, 0.3) is 0 Å². The van der Waals surface area contributed by atoms with Crippen LogP contribution in [-0.4, -0.2) is 21.4 Å². The molecule has 0 bridgehead atoms. The number of anilines is 2. The number of hydrogen-bond acceptors (Lipinski definition) is 6. The minimum atomic E-state index is -0.257. The molecule has 0 aliphatic carbocycles. The van der Waals surface area contributed by atoms with Gasteiger partial charge in [-0.15, -0.1) is 10.2 Å². The number of nitrogens with one attached hydrogen (secondary N) is 1. The van der Waals surface area contributed by atoms with Crippen molar-refractivity contribution in [3.8, 4) is 0 Å². The van der Waals surface area contributed by atoms with E-state index in [0.29, 0.717) is 9.47 Å². The molecule has 1 amide bonds. The summed E-state index contributed by atoms with van der Waals surface area (Å²) in [6.45, 7) is 3.79. The number of nitrogen functional groups attached to an aromatic ring is 1. The van der Waals surface area contributed by atoms with E-state index >= 15 is 0 Å². The van der Waals surface area contributed by atoms with Crippen LogP contribution in [0.25, 0.3) is 0 Å². The Balaban J connectivity index is 1.98. The number of thioether (sulfide) groups is 1. The summed E-state index contributed by atoms with van der Waals surface area (Å²) in [5.74, 6) is -0.0620. The van der Waals surface area contributed by atoms with E-state index in [2.05, 4.69) is 15.5 Å². The topological polar surface area (TPSA) is 80.9 Å². The third-order valence-corrected chi connectivity index (χ3v) is 4.41. The van der Waals surface area contributed by atoms with Crippen molar-refractivity contribution in [1.29, 1.82) is 0 Å². The molecule has 0 radical (unpaired) electrons. The molecule has 2 aromatic rings. The van der Waals surface area contributed by atoms with E-state index in [0.717, 1.165) is 11.3 Å². The molecule has 1 aromatic heterocycles. The summed E-state index contributed by atoms with van der Waals surface area (Å²) in [7, 11) is 0. The maximum atomic E-state index is 12.1. The van der Waals surface area contributed by atoms with E-state index in [1.165, 1.54) is 23.1 Å². The second-order valence-corrected chi connectivity index (χ2v) is 6.57. The second kappa shape index (κ2) is 6.03. The van der Waals surface area contributed by atoms with Crippen molar-refractivity contribution in [2.24, 2.45) is 0 Å². The maximum absolute atomic E-state index is 12.1. The van der Waals surface area contributed by atoms with Crippen LogP contribution in [0.15, 0.2) is 28.6 Å². The van der Waals surface area contributed by atoms with Gasteiger partial charge in [-0.2, -0.15) is 0 Å². The molecule has 0 unspecified atom stereocenters. The van der Waals surface area contributed by atoms with Crippen molar-refractivity contribution >= 4 is 39.8 Å². The summed E-state index contributed by atoms with van der Waals surface area (Å²) in [5.41, 5.74) is 7.37. The smallest absolute Gasteiger partial charge is 0.237 e. The highest BCUT2D eigenvalue weighted by atomic mass is 32.2. The normalized spacial score (nSPS) is 12.1. The summed E-state index contributed by atoms with van der Waals surface area (Å²) in [6, 6.07) is 7.67. The standard InChI is InChI=1S/C12H14N4OS2/c1-7-5-3-4-6-9(7)14-10(17)8(2)18-12-16-15-11(13)19-12/h3-6,8H,1-2H3,(H2,13,15)(H,14,17)/t8-/m1/s1. The molecule has 1 atom stereocenters. The number of carbonyl (C=O) groups excluding carboxylic acids is 1. The van der Waals surface area contributed by atoms with E-state index in [9.17, 15) is 4.79 Å². The van der Waals surface area contributed by atoms with Crippen LogP contribution in [0.2, 0.25) is 0 Å². The van der Waals surface area contributed by atoms with Gasteiger partial charge in [0, 0.05) is 5.69 Å². The molecule has 19 heavy (non-hydrogen) atoms. The summed E-state index contributed by atoms with van der Waals surface area (Å²) in [4.78, 5) is 12.1. The Morgan fingerprint density at radius 1 is 1.42 bits per heavy atom. The van der Waals surface area contributed by atoms with Gasteiger partial charge in [-0.1, -0.05) is 41.3 Å². The van der Waals surface area contributed by atoms with Crippen LogP contribution in [0.4, 0.5) is 10.8 Å². The van der Waals surface area contributed by atoms with Crippen LogP contribution in [0.1, 0.15) is 12.5 Å². The molecule has 7 heteroatoms. The molecule has 1 heterocycles. The van der Waals surface area contributed by atoms with Gasteiger partial charge in [0.05, 0.1) is 5.25 Å². The molecule has 0 spiro atoms. The highest BCUT2D eigenvalue weighted by Gasteiger charge is 2.17. The van der Waals surface area contributed by atoms with Gasteiger partial charge < -0.3 is 11.1 Å². The number of para-hydroxylation sites is 1. The minimum Gasteiger partial charge on any atom is -0.374 e. The van der Waals surface area contributed by atoms with Crippen molar-refractivity contribution in [2.45, 2.75) is 23.4 Å². The van der Waals surface area contributed by atoms with Gasteiger partial charge in [0.15, 0.2) is 4.34 Å². The number of aromatic nitrogens is 2. The van der Waals surface area contributed by atoms with Gasteiger partial charge in [0.1, 0.15) is 0 Å². The molecular formula is C12H14N4OS2. The van der Waals surface area contributed by atoms with Crippen LogP contribution in [0.5, 0.6) is 0 Å². The molecule has 0 aliphatic rings. The summed E-state index contributed by atoms with van der Waals surface area (Å²) >= 11 is 2.63. The van der Waals surface area contributed by atoms with Crippen LogP contribution in [-0.2, 0) is 4.79 Å². The molecule has 0 saturated heterocycles. The number of benzene rings is 1. The average Bonchev–Trinajstić information content (AvgIpc) is 2.77. The highest BCUT2D eigenvalue weighted by molar-refractivity contribution is 8.02. The van der Waals surface area contributed by atoms with E-state index in [1.54, 1.807) is 0 Å². The molecule has 5 nitrogen and oxygen atoms in total. The second-order valence-electron chi connectivity index (χ2n) is 3.97. The van der Waals surface area contributed by atoms with E-state index in [-0.39, 0.29) is 11.2 Å². The molecule has 0 saturated carbocycles. The van der Waals surface area contributed by atoms with Crippen molar-refractivity contribution < 1.29 is 4.79 Å². The lowest BCUT2D eigenvalue weighted by Crippen LogP contribution is -2.22. The zero-order valence-corrected chi connectivity index (χ0v) is 12.2. The SMILES string of the molecule is Cc1ccccc1NC(=O)[C@@H](C)Sc1nnc(N)s1. The number of rotatable bonds is 4. The zero-order chi connectivity index (χ0) is 13.8. The van der Waals surface area contributed by atoms with Gasteiger partial charge in [-0.05, 0) is 25.5 Å². The first kappa shape index (κ1) is 13.8. The highest BCUT2D eigenvalue weighted by Crippen LogP contribution is 2.28. The quantitative estimate of drug-likeness (QED) is 0.847. The van der Waals surface area contributed by atoms with Gasteiger partial charge in [-0.3, -0.25) is 4.79 Å². The van der Waals surface area contributed by atoms with Gasteiger partial charge >= 0.3 is 0 Å². The third-order valence-electron chi connectivity index (χ3n) is 2.47. The van der Waals surface area contributed by atoms with Gasteiger partial charge in [0.2, 0.25) is 11.0 Å². The van der Waals surface area contributed by atoms with E-state index in [1.807, 2.05) is 38.1 Å². The van der Waals surface area contributed by atoms with Gasteiger partial charge in [-0.25, -0.2) is 0 Å². The number of carbonyl (C=O) groups is 1. The largest absolute Gasteiger partial charge is 0.374 e. The average molecular weight is 294 g/mol. The maximum Gasteiger partial charge on any atom is 0.237 e. The van der Waals surface area contributed by atoms with Crippen molar-refractivity contribution in [3.05, 3.63) is 29.8 Å². The first-order chi connectivity index (χ1) is 9.06. The zero-order valence-electron chi connectivity index (χ0n) is 10.6. The van der Waals surface area contributed by atoms with E-state index in [4.69, 9.17) is 5.73 Å². The molecule has 0 fully saturated rings. The predicted molar refractivity (Wildman–Crippen MR) is 79.4 cm³/mol. The lowest BCUT2D eigenvalue weighted by molar-refractivity contribution is -0.115. The lowest BCUT2D eigenvalue weighted by Gasteiger charge is -2.11. The van der Waals surface area contributed by atoms with Crippen LogP contribution >= 0.6 is 23.1 Å². The Bertz CT molecular complexity index is 585. The Kier molecular flexibility index (Phi) is 4.39. The first-order valence-corrected chi connectivity index (χ1v) is 7.38. The van der Waals surface area contributed by atoms with Crippen molar-refractivity contribution in [2.75, 3.05) is 11.1 Å². The predicted octanol–water partition coefficient (Wildman–Crippen LogP) is 2.55. The Labute approximate surface area is 119 Å². The first-order valence-electron chi connectivity index (χ1n) is 5.68. The molecule has 1 aromatic carbocycles. The third kappa shape index (κ3) is 3.68. The number of hydrogen-bond donors (Lipinski definition) is 2. The fourth-order valence-electron chi connectivity index (χ4n) is 1.42. The van der Waals surface area contributed by atoms with Crippen molar-refractivity contribution in [1.82, 2.24) is 10.2 Å². The number of amides is 1. The molecule has 100 valence electrons. The number of nitrogens with zero attached hydrogens (tertiary/aromatic N) is 2. The Morgan fingerprint density at radius 3 is 2.79 bits per heavy atom. The summed E-state index contributed by atoms with van der Waals surface area (Å²) < 4.78 is 0.699. The molecular weight excluding hydrogens is 280 g/mol. The number of aryl methyl sites for hydroxylation is 1. The molecule has 3 N–H and O–H groups in total. The van der Waals surface area contributed by atoms with Crippen LogP contribution in [0, 0.1) is 6.92 Å². The lowest BCUT2D eigenvalue weighted by atomic mass is 10.2. The molecule has 0 aliphatic heterocycles. The Hall–Kier alpha value is -1.60. The molecule has 2 rings (SSSR count). The fraction of sp³-hybridized carbons (Fsp3) is 0.250. The summed E-state index contributed by atoms with van der Waals surface area (Å²) in [5, 5.41) is 10.7.